The van der Waals surface area contributed by atoms with Crippen LogP contribution in [0.25, 0.3) is 0 Å². The van der Waals surface area contributed by atoms with Crippen LogP contribution in [0.15, 0.2) is 30.3 Å². The first kappa shape index (κ1) is 12.6. The fourth-order valence-corrected chi connectivity index (χ4v) is 2.98. The van der Waals surface area contributed by atoms with Crippen LogP contribution >= 0.6 is 0 Å². The van der Waals surface area contributed by atoms with Gasteiger partial charge < -0.3 is 9.84 Å². The first-order valence-corrected chi connectivity index (χ1v) is 6.61. The highest BCUT2D eigenvalue weighted by Gasteiger charge is 2.41. The van der Waals surface area contributed by atoms with Crippen LogP contribution in [0.1, 0.15) is 38.2 Å². The summed E-state index contributed by atoms with van der Waals surface area (Å²) >= 11 is 0. The highest BCUT2D eigenvalue weighted by molar-refractivity contribution is 5.28. The lowest BCUT2D eigenvalue weighted by Gasteiger charge is -2.34. The van der Waals surface area contributed by atoms with Gasteiger partial charge in [-0.05, 0) is 25.3 Å². The minimum atomic E-state index is -0.382. The average Bonchev–Trinajstić information content (AvgIpc) is 2.87. The van der Waals surface area contributed by atoms with E-state index < -0.39 is 0 Å². The van der Waals surface area contributed by atoms with E-state index in [4.69, 9.17) is 4.74 Å². The molecule has 0 amide bonds. The molecule has 2 nitrogen and oxygen atoms in total. The zero-order chi connectivity index (χ0) is 12.1. The van der Waals surface area contributed by atoms with Gasteiger partial charge in [0.05, 0.1) is 12.7 Å². The molecular weight excluding hydrogens is 212 g/mol. The van der Waals surface area contributed by atoms with E-state index in [1.54, 1.807) is 0 Å². The van der Waals surface area contributed by atoms with Gasteiger partial charge in [0.2, 0.25) is 0 Å². The van der Waals surface area contributed by atoms with Crippen molar-refractivity contribution in [2.24, 2.45) is 0 Å². The first-order chi connectivity index (χ1) is 8.29. The number of aliphatic hydroxyl groups is 1. The summed E-state index contributed by atoms with van der Waals surface area (Å²) in [6.07, 6.45) is 4.18. The summed E-state index contributed by atoms with van der Waals surface area (Å²) in [7, 11) is 0. The Morgan fingerprint density at radius 3 is 2.47 bits per heavy atom. The summed E-state index contributed by atoms with van der Waals surface area (Å²) in [4.78, 5) is 0. The summed E-state index contributed by atoms with van der Waals surface area (Å²) in [5.41, 5.74) is 1.20. The molecule has 1 fully saturated rings. The van der Waals surface area contributed by atoms with Crippen molar-refractivity contribution >= 4 is 0 Å². The molecular formula is C15H22O2. The normalized spacial score (nSPS) is 20.4. The number of ether oxygens (including phenoxy) is 1. The van der Waals surface area contributed by atoms with Crippen LogP contribution in [0.3, 0.4) is 0 Å². The second-order valence-corrected chi connectivity index (χ2v) is 4.90. The molecule has 1 aliphatic carbocycles. The van der Waals surface area contributed by atoms with Crippen LogP contribution in [-0.2, 0) is 10.2 Å². The zero-order valence-electron chi connectivity index (χ0n) is 10.6. The monoisotopic (exact) mass is 234 g/mol. The molecule has 17 heavy (non-hydrogen) atoms. The molecule has 1 aromatic carbocycles. The smallest absolute Gasteiger partial charge is 0.0869 e. The van der Waals surface area contributed by atoms with Crippen molar-refractivity contribution in [2.75, 3.05) is 13.2 Å². The molecule has 0 bridgehead atoms. The highest BCUT2D eigenvalue weighted by atomic mass is 16.5. The maximum absolute atomic E-state index is 10.5. The quantitative estimate of drug-likeness (QED) is 0.849. The van der Waals surface area contributed by atoms with E-state index in [0.29, 0.717) is 13.2 Å². The number of aliphatic hydroxyl groups excluding tert-OH is 1. The Kier molecular flexibility index (Phi) is 4.19. The molecule has 1 unspecified atom stereocenters. The molecule has 0 spiro atoms. The van der Waals surface area contributed by atoms with Crippen LogP contribution in [0, 0.1) is 0 Å². The van der Waals surface area contributed by atoms with Gasteiger partial charge in [0, 0.05) is 12.0 Å². The van der Waals surface area contributed by atoms with Gasteiger partial charge in [-0.1, -0.05) is 43.2 Å². The Morgan fingerprint density at radius 1 is 1.24 bits per heavy atom. The molecule has 0 heterocycles. The number of hydrogen-bond acceptors (Lipinski definition) is 2. The predicted molar refractivity (Wildman–Crippen MR) is 69.1 cm³/mol. The topological polar surface area (TPSA) is 29.5 Å². The standard InChI is InChI=1S/C15H22O2/c1-2-17-12-14(16)15(10-6-7-11-15)13-8-4-3-5-9-13/h3-5,8-9,14,16H,2,6-7,10-12H2,1H3. The van der Waals surface area contributed by atoms with Crippen LogP contribution in [-0.4, -0.2) is 24.4 Å². The SMILES string of the molecule is CCOCC(O)C1(c2ccccc2)CCCC1. The van der Waals surface area contributed by atoms with Gasteiger partial charge in [-0.3, -0.25) is 0 Å². The van der Waals surface area contributed by atoms with Gasteiger partial charge in [-0.25, -0.2) is 0 Å². The largest absolute Gasteiger partial charge is 0.390 e. The van der Waals surface area contributed by atoms with Crippen molar-refractivity contribution in [3.05, 3.63) is 35.9 Å². The molecule has 94 valence electrons. The van der Waals surface area contributed by atoms with Crippen molar-refractivity contribution in [3.8, 4) is 0 Å². The van der Waals surface area contributed by atoms with Gasteiger partial charge in [-0.2, -0.15) is 0 Å². The van der Waals surface area contributed by atoms with E-state index >= 15 is 0 Å². The predicted octanol–water partition coefficient (Wildman–Crippen LogP) is 2.90. The van der Waals surface area contributed by atoms with Crippen LogP contribution in [0.5, 0.6) is 0 Å². The summed E-state index contributed by atoms with van der Waals surface area (Å²) in [6, 6.07) is 10.4. The molecule has 0 radical (unpaired) electrons. The van der Waals surface area contributed by atoms with Crippen molar-refractivity contribution in [3.63, 3.8) is 0 Å². The molecule has 1 atom stereocenters. The van der Waals surface area contributed by atoms with Gasteiger partial charge in [0.15, 0.2) is 0 Å². The molecule has 1 saturated carbocycles. The Hall–Kier alpha value is -0.860. The minimum absolute atomic E-state index is 0.0730. The average molecular weight is 234 g/mol. The van der Waals surface area contributed by atoms with E-state index in [2.05, 4.69) is 24.3 Å². The van der Waals surface area contributed by atoms with Crippen molar-refractivity contribution in [2.45, 2.75) is 44.1 Å². The number of hydrogen-bond donors (Lipinski definition) is 1. The second-order valence-electron chi connectivity index (χ2n) is 4.90. The van der Waals surface area contributed by atoms with Crippen molar-refractivity contribution < 1.29 is 9.84 Å². The molecule has 0 aromatic heterocycles. The molecule has 1 aromatic rings. The van der Waals surface area contributed by atoms with E-state index in [1.165, 1.54) is 18.4 Å². The summed E-state index contributed by atoms with van der Waals surface area (Å²) in [6.45, 7) is 3.09. The lowest BCUT2D eigenvalue weighted by molar-refractivity contribution is -0.00468. The first-order valence-electron chi connectivity index (χ1n) is 6.61. The second kappa shape index (κ2) is 5.65. The van der Waals surface area contributed by atoms with Crippen LogP contribution in [0.2, 0.25) is 0 Å². The fourth-order valence-electron chi connectivity index (χ4n) is 2.98. The van der Waals surface area contributed by atoms with Gasteiger partial charge in [-0.15, -0.1) is 0 Å². The third-order valence-corrected chi connectivity index (χ3v) is 3.96. The lowest BCUT2D eigenvalue weighted by Crippen LogP contribution is -2.40. The summed E-state index contributed by atoms with van der Waals surface area (Å²) in [5.74, 6) is 0. The molecule has 0 saturated heterocycles. The maximum Gasteiger partial charge on any atom is 0.0869 e. The third kappa shape index (κ3) is 2.53. The van der Waals surface area contributed by atoms with Gasteiger partial charge >= 0.3 is 0 Å². The van der Waals surface area contributed by atoms with Gasteiger partial charge in [0.25, 0.3) is 0 Å². The zero-order valence-corrected chi connectivity index (χ0v) is 10.6. The lowest BCUT2D eigenvalue weighted by atomic mass is 9.74. The van der Waals surface area contributed by atoms with Crippen molar-refractivity contribution in [1.82, 2.24) is 0 Å². The Bertz CT molecular complexity index is 328. The molecule has 0 aliphatic heterocycles. The van der Waals surface area contributed by atoms with E-state index in [-0.39, 0.29) is 11.5 Å². The van der Waals surface area contributed by atoms with E-state index in [1.807, 2.05) is 13.0 Å². The Labute approximate surface area is 104 Å². The van der Waals surface area contributed by atoms with Crippen LogP contribution < -0.4 is 0 Å². The summed E-state index contributed by atoms with van der Waals surface area (Å²) < 4.78 is 5.40. The fraction of sp³-hybridized carbons (Fsp3) is 0.600. The third-order valence-electron chi connectivity index (χ3n) is 3.96. The van der Waals surface area contributed by atoms with Gasteiger partial charge in [0.1, 0.15) is 0 Å². The number of benzene rings is 1. The Morgan fingerprint density at radius 2 is 1.88 bits per heavy atom. The molecule has 2 heteroatoms. The molecule has 1 N–H and O–H groups in total. The number of rotatable bonds is 5. The van der Waals surface area contributed by atoms with E-state index in [9.17, 15) is 5.11 Å². The van der Waals surface area contributed by atoms with E-state index in [0.717, 1.165) is 12.8 Å². The maximum atomic E-state index is 10.5. The highest BCUT2D eigenvalue weighted by Crippen LogP contribution is 2.43. The summed E-state index contributed by atoms with van der Waals surface area (Å²) in [5, 5.41) is 10.5. The van der Waals surface area contributed by atoms with Crippen LogP contribution in [0.4, 0.5) is 0 Å². The minimum Gasteiger partial charge on any atom is -0.390 e. The molecule has 2 rings (SSSR count). The molecule has 1 aliphatic rings. The Balaban J connectivity index is 2.20. The van der Waals surface area contributed by atoms with Crippen molar-refractivity contribution in [1.29, 1.82) is 0 Å².